The highest BCUT2D eigenvalue weighted by Crippen LogP contribution is 2.19. The van der Waals surface area contributed by atoms with Gasteiger partial charge >= 0.3 is 0 Å². The molecule has 66 valence electrons. The number of oxazole rings is 1. The second-order valence-corrected chi connectivity index (χ2v) is 3.91. The number of pyridine rings is 1. The largest absolute Gasteiger partial charge is 0.441 e. The molecule has 0 aliphatic rings. The van der Waals surface area contributed by atoms with Gasteiger partial charge in [-0.2, -0.15) is 0 Å². The summed E-state index contributed by atoms with van der Waals surface area (Å²) in [6.07, 6.45) is 5.24. The normalized spacial score (nSPS) is 10.3. The lowest BCUT2D eigenvalue weighted by Gasteiger charge is -1.94. The summed E-state index contributed by atoms with van der Waals surface area (Å²) in [7, 11) is 0. The van der Waals surface area contributed by atoms with Crippen LogP contribution in [-0.4, -0.2) is 9.97 Å². The van der Waals surface area contributed by atoms with Crippen molar-refractivity contribution < 1.29 is 4.42 Å². The first-order valence-corrected chi connectivity index (χ1v) is 4.87. The van der Waals surface area contributed by atoms with Crippen LogP contribution in [0.1, 0.15) is 5.76 Å². The van der Waals surface area contributed by atoms with Gasteiger partial charge in [0, 0.05) is 16.0 Å². The molecule has 0 N–H and O–H groups in total. The molecule has 0 spiro atoms. The monoisotopic (exact) mass is 286 g/mol. The lowest BCUT2D eigenvalue weighted by molar-refractivity contribution is 0.542. The molecule has 0 amide bonds. The van der Waals surface area contributed by atoms with Crippen molar-refractivity contribution in [3.05, 3.63) is 34.0 Å². The summed E-state index contributed by atoms with van der Waals surface area (Å²) in [5.74, 6) is 1.44. The highest BCUT2D eigenvalue weighted by Gasteiger charge is 2.04. The van der Waals surface area contributed by atoms with Crippen LogP contribution in [-0.2, 0) is 0 Å². The van der Waals surface area contributed by atoms with E-state index >= 15 is 0 Å². The third-order valence-electron chi connectivity index (χ3n) is 1.57. The first kappa shape index (κ1) is 8.68. The van der Waals surface area contributed by atoms with Gasteiger partial charge in [-0.05, 0) is 35.6 Å². The lowest BCUT2D eigenvalue weighted by Crippen LogP contribution is -1.81. The van der Waals surface area contributed by atoms with Gasteiger partial charge in [-0.15, -0.1) is 0 Å². The van der Waals surface area contributed by atoms with Crippen LogP contribution < -0.4 is 0 Å². The Bertz CT molecular complexity index is 425. The molecule has 0 aromatic carbocycles. The van der Waals surface area contributed by atoms with E-state index in [4.69, 9.17) is 4.42 Å². The predicted octanol–water partition coefficient (Wildman–Crippen LogP) is 2.65. The molecule has 0 aliphatic heterocycles. The van der Waals surface area contributed by atoms with Gasteiger partial charge in [-0.25, -0.2) is 4.98 Å². The molecule has 0 aliphatic carbocycles. The van der Waals surface area contributed by atoms with Gasteiger partial charge in [0.25, 0.3) is 0 Å². The van der Waals surface area contributed by atoms with Crippen molar-refractivity contribution in [2.45, 2.75) is 6.92 Å². The van der Waals surface area contributed by atoms with Crippen molar-refractivity contribution in [1.82, 2.24) is 9.97 Å². The van der Waals surface area contributed by atoms with E-state index in [2.05, 4.69) is 32.6 Å². The molecule has 0 unspecified atom stereocenters. The number of aryl methyl sites for hydroxylation is 1. The van der Waals surface area contributed by atoms with E-state index in [-0.39, 0.29) is 0 Å². The minimum atomic E-state index is 0.628. The van der Waals surface area contributed by atoms with Crippen LogP contribution in [0.5, 0.6) is 0 Å². The molecule has 2 rings (SSSR count). The van der Waals surface area contributed by atoms with E-state index in [1.165, 1.54) is 0 Å². The van der Waals surface area contributed by atoms with E-state index in [9.17, 15) is 0 Å². The van der Waals surface area contributed by atoms with Crippen molar-refractivity contribution in [3.8, 4) is 11.5 Å². The molecule has 0 bridgehead atoms. The van der Waals surface area contributed by atoms with Gasteiger partial charge in [-0.3, -0.25) is 4.98 Å². The van der Waals surface area contributed by atoms with E-state index < -0.39 is 0 Å². The molecular weight excluding hydrogens is 279 g/mol. The fourth-order valence-corrected chi connectivity index (χ4v) is 1.51. The molecular formula is C9H7IN2O. The maximum Gasteiger partial charge on any atom is 0.227 e. The summed E-state index contributed by atoms with van der Waals surface area (Å²) < 4.78 is 6.45. The Morgan fingerprint density at radius 2 is 2.15 bits per heavy atom. The average Bonchev–Trinajstić information content (AvgIpc) is 2.52. The quantitative estimate of drug-likeness (QED) is 0.756. The second-order valence-electron chi connectivity index (χ2n) is 2.67. The second kappa shape index (κ2) is 3.45. The topological polar surface area (TPSA) is 38.9 Å². The number of rotatable bonds is 1. The van der Waals surface area contributed by atoms with Crippen LogP contribution in [0.4, 0.5) is 0 Å². The van der Waals surface area contributed by atoms with Gasteiger partial charge in [0.05, 0.1) is 11.8 Å². The Kier molecular flexibility index (Phi) is 2.30. The Balaban J connectivity index is 2.46. The highest BCUT2D eigenvalue weighted by molar-refractivity contribution is 14.1. The van der Waals surface area contributed by atoms with E-state index in [1.807, 2.05) is 13.0 Å². The zero-order valence-electron chi connectivity index (χ0n) is 6.99. The summed E-state index contributed by atoms with van der Waals surface area (Å²) >= 11 is 2.21. The SMILES string of the molecule is Cc1cnc(-c2cncc(I)c2)o1. The molecule has 0 saturated carbocycles. The number of halogens is 1. The summed E-state index contributed by atoms with van der Waals surface area (Å²) in [6, 6.07) is 1.98. The molecule has 13 heavy (non-hydrogen) atoms. The van der Waals surface area contributed by atoms with Gasteiger partial charge in [-0.1, -0.05) is 0 Å². The first-order valence-electron chi connectivity index (χ1n) is 3.79. The average molecular weight is 286 g/mol. The Hall–Kier alpha value is -0.910. The van der Waals surface area contributed by atoms with Crippen LogP contribution >= 0.6 is 22.6 Å². The Labute approximate surface area is 89.3 Å². The molecule has 2 heterocycles. The standard InChI is InChI=1S/C9H7IN2O/c1-6-3-12-9(13-6)7-2-8(10)5-11-4-7/h2-5H,1H3. The third-order valence-corrected chi connectivity index (χ3v) is 2.16. The molecule has 0 atom stereocenters. The molecule has 3 nitrogen and oxygen atoms in total. The van der Waals surface area contributed by atoms with Crippen LogP contribution in [0, 0.1) is 10.5 Å². The summed E-state index contributed by atoms with van der Waals surface area (Å²) in [6.45, 7) is 1.87. The van der Waals surface area contributed by atoms with E-state index in [0.717, 1.165) is 14.9 Å². The van der Waals surface area contributed by atoms with Crippen molar-refractivity contribution in [3.63, 3.8) is 0 Å². The first-order chi connectivity index (χ1) is 6.25. The maximum atomic E-state index is 5.37. The molecule has 2 aromatic rings. The molecule has 4 heteroatoms. The molecule has 0 saturated heterocycles. The van der Waals surface area contributed by atoms with Crippen molar-refractivity contribution in [2.24, 2.45) is 0 Å². The fraction of sp³-hybridized carbons (Fsp3) is 0.111. The van der Waals surface area contributed by atoms with Gasteiger partial charge in [0.1, 0.15) is 5.76 Å². The van der Waals surface area contributed by atoms with Crippen LogP contribution in [0.15, 0.2) is 29.1 Å². The summed E-state index contributed by atoms with van der Waals surface area (Å²) in [5.41, 5.74) is 0.917. The molecule has 2 aromatic heterocycles. The zero-order valence-corrected chi connectivity index (χ0v) is 9.15. The fourth-order valence-electron chi connectivity index (χ4n) is 1.02. The highest BCUT2D eigenvalue weighted by atomic mass is 127. The summed E-state index contributed by atoms with van der Waals surface area (Å²) in [5, 5.41) is 0. The Morgan fingerprint density at radius 1 is 1.31 bits per heavy atom. The van der Waals surface area contributed by atoms with Gasteiger partial charge < -0.3 is 4.42 Å². The minimum absolute atomic E-state index is 0.628. The number of hydrogen-bond acceptors (Lipinski definition) is 3. The van der Waals surface area contributed by atoms with Crippen molar-refractivity contribution in [2.75, 3.05) is 0 Å². The lowest BCUT2D eigenvalue weighted by atomic mass is 10.3. The predicted molar refractivity (Wildman–Crippen MR) is 57.2 cm³/mol. The van der Waals surface area contributed by atoms with E-state index in [1.54, 1.807) is 18.6 Å². The molecule has 0 fully saturated rings. The minimum Gasteiger partial charge on any atom is -0.441 e. The van der Waals surface area contributed by atoms with Crippen LogP contribution in [0.3, 0.4) is 0 Å². The van der Waals surface area contributed by atoms with Gasteiger partial charge in [0.15, 0.2) is 0 Å². The van der Waals surface area contributed by atoms with Crippen molar-refractivity contribution >= 4 is 22.6 Å². The van der Waals surface area contributed by atoms with E-state index in [0.29, 0.717) is 5.89 Å². The Morgan fingerprint density at radius 3 is 2.77 bits per heavy atom. The van der Waals surface area contributed by atoms with Crippen LogP contribution in [0.25, 0.3) is 11.5 Å². The number of aromatic nitrogens is 2. The third kappa shape index (κ3) is 1.88. The summed E-state index contributed by atoms with van der Waals surface area (Å²) in [4.78, 5) is 8.18. The van der Waals surface area contributed by atoms with Crippen molar-refractivity contribution in [1.29, 1.82) is 0 Å². The zero-order chi connectivity index (χ0) is 9.26. The number of hydrogen-bond donors (Lipinski definition) is 0. The maximum absolute atomic E-state index is 5.37. The van der Waals surface area contributed by atoms with Crippen LogP contribution in [0.2, 0.25) is 0 Å². The smallest absolute Gasteiger partial charge is 0.227 e. The molecule has 0 radical (unpaired) electrons. The van der Waals surface area contributed by atoms with Gasteiger partial charge in [0.2, 0.25) is 5.89 Å². The number of nitrogens with zero attached hydrogens (tertiary/aromatic N) is 2.